The molecule has 0 spiro atoms. The van der Waals surface area contributed by atoms with E-state index in [1.807, 2.05) is 0 Å². The topological polar surface area (TPSA) is 9.23 Å². The molecular formula is C14H9ClF4O. The van der Waals surface area contributed by atoms with Gasteiger partial charge >= 0.3 is 6.18 Å². The standard InChI is InChI=1S/C14H9ClF4O/c15-12-7-11(16)4-5-13(12)20-8-9-2-1-3-10(6-9)14(17,18)19/h1-7H,8H2. The Hall–Kier alpha value is -1.75. The Labute approximate surface area is 117 Å². The number of alkyl halides is 3. The van der Waals surface area contributed by atoms with Gasteiger partial charge in [-0.2, -0.15) is 13.2 Å². The Morgan fingerprint density at radius 2 is 1.80 bits per heavy atom. The number of benzene rings is 2. The monoisotopic (exact) mass is 304 g/mol. The molecule has 0 saturated heterocycles. The van der Waals surface area contributed by atoms with Crippen molar-refractivity contribution < 1.29 is 22.3 Å². The Morgan fingerprint density at radius 3 is 2.45 bits per heavy atom. The highest BCUT2D eigenvalue weighted by Crippen LogP contribution is 2.30. The van der Waals surface area contributed by atoms with Crippen LogP contribution in [0.1, 0.15) is 11.1 Å². The minimum atomic E-state index is -4.40. The van der Waals surface area contributed by atoms with E-state index < -0.39 is 17.6 Å². The van der Waals surface area contributed by atoms with E-state index in [0.29, 0.717) is 5.56 Å². The van der Waals surface area contributed by atoms with Gasteiger partial charge in [-0.3, -0.25) is 0 Å². The van der Waals surface area contributed by atoms with Crippen molar-refractivity contribution in [3.8, 4) is 5.75 Å². The zero-order valence-corrected chi connectivity index (χ0v) is 10.8. The Kier molecular flexibility index (Phi) is 4.18. The number of halogens is 5. The van der Waals surface area contributed by atoms with Gasteiger partial charge in [-0.25, -0.2) is 4.39 Å². The maximum Gasteiger partial charge on any atom is 0.416 e. The SMILES string of the molecule is Fc1ccc(OCc2cccc(C(F)(F)F)c2)c(Cl)c1. The summed E-state index contributed by atoms with van der Waals surface area (Å²) >= 11 is 5.75. The van der Waals surface area contributed by atoms with Crippen LogP contribution in [-0.2, 0) is 12.8 Å². The van der Waals surface area contributed by atoms with Crippen LogP contribution in [0.3, 0.4) is 0 Å². The fraction of sp³-hybridized carbons (Fsp3) is 0.143. The molecule has 6 heteroatoms. The van der Waals surface area contributed by atoms with E-state index in [-0.39, 0.29) is 17.4 Å². The van der Waals surface area contributed by atoms with Crippen LogP contribution in [0.5, 0.6) is 5.75 Å². The summed E-state index contributed by atoms with van der Waals surface area (Å²) < 4.78 is 55.7. The van der Waals surface area contributed by atoms with Crippen molar-refractivity contribution in [2.24, 2.45) is 0 Å². The molecule has 0 aliphatic rings. The molecule has 2 aromatic rings. The van der Waals surface area contributed by atoms with Gasteiger partial charge < -0.3 is 4.74 Å². The molecule has 2 rings (SSSR count). The fourth-order valence-corrected chi connectivity index (χ4v) is 1.81. The molecule has 0 radical (unpaired) electrons. The Balaban J connectivity index is 2.11. The quantitative estimate of drug-likeness (QED) is 0.719. The van der Waals surface area contributed by atoms with Gasteiger partial charge in [-0.1, -0.05) is 23.7 Å². The number of rotatable bonds is 3. The van der Waals surface area contributed by atoms with Gasteiger partial charge in [0.15, 0.2) is 0 Å². The molecule has 0 unspecified atom stereocenters. The fourth-order valence-electron chi connectivity index (χ4n) is 1.59. The third kappa shape index (κ3) is 3.63. The molecule has 0 N–H and O–H groups in total. The van der Waals surface area contributed by atoms with E-state index in [4.69, 9.17) is 16.3 Å². The minimum Gasteiger partial charge on any atom is -0.487 e. The summed E-state index contributed by atoms with van der Waals surface area (Å²) in [4.78, 5) is 0. The number of hydrogen-bond donors (Lipinski definition) is 0. The second-order valence-corrected chi connectivity index (χ2v) is 4.47. The van der Waals surface area contributed by atoms with Gasteiger partial charge in [0, 0.05) is 0 Å². The van der Waals surface area contributed by atoms with Gasteiger partial charge in [0.1, 0.15) is 18.2 Å². The highest BCUT2D eigenvalue weighted by Gasteiger charge is 2.30. The molecule has 20 heavy (non-hydrogen) atoms. The van der Waals surface area contributed by atoms with Crippen LogP contribution < -0.4 is 4.74 Å². The van der Waals surface area contributed by atoms with Crippen LogP contribution in [0.15, 0.2) is 42.5 Å². The average molecular weight is 305 g/mol. The predicted octanol–water partition coefficient (Wildman–Crippen LogP) is 5.08. The van der Waals surface area contributed by atoms with E-state index in [1.165, 1.54) is 18.2 Å². The van der Waals surface area contributed by atoms with E-state index in [9.17, 15) is 17.6 Å². The summed E-state index contributed by atoms with van der Waals surface area (Å²) in [5.41, 5.74) is -0.399. The first-order chi connectivity index (χ1) is 9.36. The highest BCUT2D eigenvalue weighted by molar-refractivity contribution is 6.32. The molecule has 0 aliphatic carbocycles. The lowest BCUT2D eigenvalue weighted by atomic mass is 10.1. The summed E-state index contributed by atoms with van der Waals surface area (Å²) in [7, 11) is 0. The second kappa shape index (κ2) is 5.71. The molecule has 0 atom stereocenters. The first kappa shape index (κ1) is 14.7. The van der Waals surface area contributed by atoms with E-state index in [0.717, 1.165) is 24.3 Å². The van der Waals surface area contributed by atoms with Crippen molar-refractivity contribution in [3.63, 3.8) is 0 Å². The third-order valence-corrected chi connectivity index (χ3v) is 2.84. The molecule has 2 aromatic carbocycles. The van der Waals surface area contributed by atoms with Gasteiger partial charge in [-0.05, 0) is 35.9 Å². The molecule has 0 amide bonds. The largest absolute Gasteiger partial charge is 0.487 e. The maximum atomic E-state index is 12.8. The van der Waals surface area contributed by atoms with E-state index in [1.54, 1.807) is 0 Å². The van der Waals surface area contributed by atoms with E-state index in [2.05, 4.69) is 0 Å². The third-order valence-electron chi connectivity index (χ3n) is 2.54. The van der Waals surface area contributed by atoms with Crippen molar-refractivity contribution in [1.29, 1.82) is 0 Å². The van der Waals surface area contributed by atoms with Gasteiger partial charge in [0.25, 0.3) is 0 Å². The zero-order chi connectivity index (χ0) is 14.8. The van der Waals surface area contributed by atoms with Crippen molar-refractivity contribution in [2.75, 3.05) is 0 Å². The van der Waals surface area contributed by atoms with Crippen molar-refractivity contribution in [2.45, 2.75) is 12.8 Å². The Bertz CT molecular complexity index is 610. The van der Waals surface area contributed by atoms with Gasteiger partial charge in [0.05, 0.1) is 10.6 Å². The van der Waals surface area contributed by atoms with Crippen LogP contribution in [0, 0.1) is 5.82 Å². The lowest BCUT2D eigenvalue weighted by molar-refractivity contribution is -0.137. The van der Waals surface area contributed by atoms with E-state index >= 15 is 0 Å². The second-order valence-electron chi connectivity index (χ2n) is 4.06. The predicted molar refractivity (Wildman–Crippen MR) is 67.2 cm³/mol. The smallest absolute Gasteiger partial charge is 0.416 e. The molecule has 0 fully saturated rings. The summed E-state index contributed by atoms with van der Waals surface area (Å²) in [5.74, 6) is -0.299. The lowest BCUT2D eigenvalue weighted by Crippen LogP contribution is -2.06. The van der Waals surface area contributed by atoms with Crippen molar-refractivity contribution >= 4 is 11.6 Å². The molecular weight excluding hydrogens is 296 g/mol. The van der Waals surface area contributed by atoms with Crippen LogP contribution in [-0.4, -0.2) is 0 Å². The molecule has 0 aliphatic heterocycles. The molecule has 106 valence electrons. The minimum absolute atomic E-state index is 0.0666. The van der Waals surface area contributed by atoms with Crippen molar-refractivity contribution in [3.05, 3.63) is 64.4 Å². The zero-order valence-electron chi connectivity index (χ0n) is 10.0. The first-order valence-electron chi connectivity index (χ1n) is 5.60. The first-order valence-corrected chi connectivity index (χ1v) is 5.98. The summed E-state index contributed by atoms with van der Waals surface area (Å²) in [6.07, 6.45) is -4.40. The van der Waals surface area contributed by atoms with Crippen LogP contribution in [0.4, 0.5) is 17.6 Å². The van der Waals surface area contributed by atoms with Gasteiger partial charge in [0.2, 0.25) is 0 Å². The summed E-state index contributed by atoms with van der Waals surface area (Å²) in [6, 6.07) is 8.34. The Morgan fingerprint density at radius 1 is 1.05 bits per heavy atom. The van der Waals surface area contributed by atoms with Gasteiger partial charge in [-0.15, -0.1) is 0 Å². The summed E-state index contributed by atoms with van der Waals surface area (Å²) in [6.45, 7) is -0.0880. The highest BCUT2D eigenvalue weighted by atomic mass is 35.5. The van der Waals surface area contributed by atoms with Crippen LogP contribution in [0.25, 0.3) is 0 Å². The normalized spacial score (nSPS) is 11.4. The summed E-state index contributed by atoms with van der Waals surface area (Å²) in [5, 5.41) is 0.0666. The van der Waals surface area contributed by atoms with Crippen LogP contribution >= 0.6 is 11.6 Å². The lowest BCUT2D eigenvalue weighted by Gasteiger charge is -2.10. The molecule has 0 aromatic heterocycles. The van der Waals surface area contributed by atoms with Crippen molar-refractivity contribution in [1.82, 2.24) is 0 Å². The molecule has 0 bridgehead atoms. The number of hydrogen-bond acceptors (Lipinski definition) is 1. The molecule has 0 heterocycles. The van der Waals surface area contributed by atoms with Crippen LogP contribution in [0.2, 0.25) is 5.02 Å². The maximum absolute atomic E-state index is 12.8. The average Bonchev–Trinajstić information content (AvgIpc) is 2.37. The molecule has 0 saturated carbocycles. The number of ether oxygens (including phenoxy) is 1. The molecule has 1 nitrogen and oxygen atoms in total.